The standard InChI is InChI=1S/C8H4N2O5S2/c11-7(12)5-1-4(3-16-5)15-8-9-2-6(17-8)10(13)14/h1-3H,(H,11,12). The lowest BCUT2D eigenvalue weighted by Crippen LogP contribution is -1.90. The van der Waals surface area contributed by atoms with Crippen LogP contribution in [-0.4, -0.2) is 21.0 Å². The van der Waals surface area contributed by atoms with Crippen LogP contribution < -0.4 is 4.74 Å². The van der Waals surface area contributed by atoms with E-state index in [1.54, 1.807) is 0 Å². The molecule has 0 unspecified atom stereocenters. The maximum atomic E-state index is 10.6. The van der Waals surface area contributed by atoms with Gasteiger partial charge in [-0.25, -0.2) is 9.78 Å². The smallest absolute Gasteiger partial charge is 0.347 e. The Kier molecular flexibility index (Phi) is 3.02. The molecule has 17 heavy (non-hydrogen) atoms. The third-order valence-electron chi connectivity index (χ3n) is 1.64. The number of nitrogens with zero attached hydrogens (tertiary/aromatic N) is 2. The Morgan fingerprint density at radius 1 is 1.59 bits per heavy atom. The Bertz CT molecular complexity index is 526. The molecule has 2 heterocycles. The molecule has 0 fully saturated rings. The van der Waals surface area contributed by atoms with Crippen LogP contribution >= 0.6 is 22.7 Å². The topological polar surface area (TPSA) is 103 Å². The minimum absolute atomic E-state index is 0.103. The molecule has 0 atom stereocenters. The maximum Gasteiger partial charge on any atom is 0.347 e. The lowest BCUT2D eigenvalue weighted by molar-refractivity contribution is -0.380. The first-order valence-electron chi connectivity index (χ1n) is 4.16. The van der Waals surface area contributed by atoms with E-state index in [1.807, 2.05) is 0 Å². The van der Waals surface area contributed by atoms with Gasteiger partial charge < -0.3 is 9.84 Å². The van der Waals surface area contributed by atoms with Crippen LogP contribution in [0.25, 0.3) is 0 Å². The highest BCUT2D eigenvalue weighted by Gasteiger charge is 2.14. The van der Waals surface area contributed by atoms with Crippen molar-refractivity contribution in [3.05, 3.63) is 32.6 Å². The fraction of sp³-hybridized carbons (Fsp3) is 0. The molecule has 0 saturated carbocycles. The second-order valence-corrected chi connectivity index (χ2v) is 4.66. The zero-order valence-electron chi connectivity index (χ0n) is 8.02. The fourth-order valence-electron chi connectivity index (χ4n) is 0.967. The van der Waals surface area contributed by atoms with Crippen molar-refractivity contribution in [2.75, 3.05) is 0 Å². The number of thiazole rings is 1. The van der Waals surface area contributed by atoms with E-state index in [2.05, 4.69) is 4.98 Å². The monoisotopic (exact) mass is 272 g/mol. The Hall–Kier alpha value is -2.00. The second-order valence-electron chi connectivity index (χ2n) is 2.78. The molecule has 9 heteroatoms. The average Bonchev–Trinajstić information content (AvgIpc) is 2.87. The largest absolute Gasteiger partial charge is 0.477 e. The lowest BCUT2D eigenvalue weighted by atomic mass is 10.4. The molecule has 0 spiro atoms. The van der Waals surface area contributed by atoms with Gasteiger partial charge in [-0.15, -0.1) is 11.3 Å². The summed E-state index contributed by atoms with van der Waals surface area (Å²) < 4.78 is 5.19. The van der Waals surface area contributed by atoms with Gasteiger partial charge in [-0.1, -0.05) is 0 Å². The molecule has 0 aliphatic heterocycles. The molecule has 0 aliphatic rings. The highest BCUT2D eigenvalue weighted by Crippen LogP contribution is 2.32. The molecular weight excluding hydrogens is 268 g/mol. The molecular formula is C8H4N2O5S2. The number of carboxylic acids is 1. The number of carboxylic acid groups (broad SMARTS) is 1. The second kappa shape index (κ2) is 4.47. The van der Waals surface area contributed by atoms with E-state index >= 15 is 0 Å². The quantitative estimate of drug-likeness (QED) is 0.677. The summed E-state index contributed by atoms with van der Waals surface area (Å²) >= 11 is 1.79. The van der Waals surface area contributed by atoms with Gasteiger partial charge in [0.05, 0.1) is 4.92 Å². The minimum atomic E-state index is -1.05. The summed E-state index contributed by atoms with van der Waals surface area (Å²) in [7, 11) is 0. The molecule has 0 saturated heterocycles. The summed E-state index contributed by atoms with van der Waals surface area (Å²) in [6.45, 7) is 0. The fourth-order valence-corrected chi connectivity index (χ4v) is 2.21. The Labute approximate surface area is 102 Å². The number of nitro groups is 1. The molecule has 2 aromatic heterocycles. The highest BCUT2D eigenvalue weighted by atomic mass is 32.1. The number of hydrogen-bond donors (Lipinski definition) is 1. The Balaban J connectivity index is 2.13. The van der Waals surface area contributed by atoms with E-state index in [9.17, 15) is 14.9 Å². The van der Waals surface area contributed by atoms with E-state index in [1.165, 1.54) is 11.4 Å². The maximum absolute atomic E-state index is 10.6. The summed E-state index contributed by atoms with van der Waals surface area (Å²) in [5, 5.41) is 20.6. The first-order valence-corrected chi connectivity index (χ1v) is 5.86. The zero-order chi connectivity index (χ0) is 12.4. The molecule has 88 valence electrons. The van der Waals surface area contributed by atoms with Crippen molar-refractivity contribution in [3.8, 4) is 10.9 Å². The molecule has 2 aromatic rings. The molecule has 0 bridgehead atoms. The SMILES string of the molecule is O=C(O)c1cc(Oc2ncc([N+](=O)[O-])s2)cs1. The molecule has 0 radical (unpaired) electrons. The van der Waals surface area contributed by atoms with Crippen LogP contribution in [0.1, 0.15) is 9.67 Å². The number of ether oxygens (including phenoxy) is 1. The predicted molar refractivity (Wildman–Crippen MR) is 60.1 cm³/mol. The van der Waals surface area contributed by atoms with Gasteiger partial charge >= 0.3 is 11.0 Å². The van der Waals surface area contributed by atoms with E-state index < -0.39 is 10.9 Å². The summed E-state index contributed by atoms with van der Waals surface area (Å²) in [6.07, 6.45) is 1.09. The van der Waals surface area contributed by atoms with Gasteiger partial charge in [0.2, 0.25) is 0 Å². The van der Waals surface area contributed by atoms with Crippen LogP contribution in [-0.2, 0) is 0 Å². The average molecular weight is 272 g/mol. The number of thiophene rings is 1. The highest BCUT2D eigenvalue weighted by molar-refractivity contribution is 7.16. The van der Waals surface area contributed by atoms with Crippen molar-refractivity contribution in [1.29, 1.82) is 0 Å². The van der Waals surface area contributed by atoms with Crippen molar-refractivity contribution in [2.45, 2.75) is 0 Å². The van der Waals surface area contributed by atoms with Gasteiger partial charge in [0, 0.05) is 11.4 Å². The molecule has 0 amide bonds. The first kappa shape index (κ1) is 11.5. The van der Waals surface area contributed by atoms with E-state index in [0.717, 1.165) is 28.9 Å². The molecule has 7 nitrogen and oxygen atoms in total. The van der Waals surface area contributed by atoms with Crippen molar-refractivity contribution in [3.63, 3.8) is 0 Å². The zero-order valence-corrected chi connectivity index (χ0v) is 9.66. The van der Waals surface area contributed by atoms with Crippen LogP contribution in [0.15, 0.2) is 17.6 Å². The van der Waals surface area contributed by atoms with Gasteiger partial charge in [0.1, 0.15) is 16.8 Å². The van der Waals surface area contributed by atoms with E-state index in [0.29, 0.717) is 5.75 Å². The molecule has 0 aliphatic carbocycles. The first-order chi connectivity index (χ1) is 8.06. The van der Waals surface area contributed by atoms with Crippen LogP contribution in [0, 0.1) is 10.1 Å². The summed E-state index contributed by atoms with van der Waals surface area (Å²) in [4.78, 5) is 24.3. The Morgan fingerprint density at radius 2 is 2.35 bits per heavy atom. The van der Waals surface area contributed by atoms with Crippen LogP contribution in [0.5, 0.6) is 10.9 Å². The summed E-state index contributed by atoms with van der Waals surface area (Å²) in [5.74, 6) is -0.744. The third kappa shape index (κ3) is 2.57. The van der Waals surface area contributed by atoms with Crippen molar-refractivity contribution in [2.24, 2.45) is 0 Å². The molecule has 2 rings (SSSR count). The molecule has 0 aromatic carbocycles. The Morgan fingerprint density at radius 3 is 2.88 bits per heavy atom. The number of rotatable bonds is 4. The van der Waals surface area contributed by atoms with Crippen LogP contribution in [0.3, 0.4) is 0 Å². The number of aromatic carboxylic acids is 1. The third-order valence-corrected chi connectivity index (χ3v) is 3.37. The summed E-state index contributed by atoms with van der Waals surface area (Å²) in [6, 6.07) is 1.33. The van der Waals surface area contributed by atoms with Crippen LogP contribution in [0.2, 0.25) is 0 Å². The normalized spacial score (nSPS) is 10.1. The van der Waals surface area contributed by atoms with Gasteiger partial charge in [0.15, 0.2) is 0 Å². The lowest BCUT2D eigenvalue weighted by Gasteiger charge is -1.94. The minimum Gasteiger partial charge on any atom is -0.477 e. The predicted octanol–water partition coefficient (Wildman–Crippen LogP) is 2.60. The molecule has 1 N–H and O–H groups in total. The number of carbonyl (C=O) groups is 1. The van der Waals surface area contributed by atoms with Crippen molar-refractivity contribution < 1.29 is 19.6 Å². The van der Waals surface area contributed by atoms with Gasteiger partial charge in [-0.05, 0) is 11.3 Å². The van der Waals surface area contributed by atoms with Gasteiger partial charge in [-0.2, -0.15) is 0 Å². The number of aromatic nitrogens is 1. The summed E-state index contributed by atoms with van der Waals surface area (Å²) in [5.41, 5.74) is 0. The van der Waals surface area contributed by atoms with E-state index in [-0.39, 0.29) is 15.1 Å². The number of hydrogen-bond acceptors (Lipinski definition) is 7. The van der Waals surface area contributed by atoms with Gasteiger partial charge in [-0.3, -0.25) is 10.1 Å². The van der Waals surface area contributed by atoms with Crippen molar-refractivity contribution in [1.82, 2.24) is 4.98 Å². The van der Waals surface area contributed by atoms with Crippen molar-refractivity contribution >= 4 is 33.6 Å². The van der Waals surface area contributed by atoms with Gasteiger partial charge in [0.25, 0.3) is 5.19 Å². The van der Waals surface area contributed by atoms with Crippen LogP contribution in [0.4, 0.5) is 5.00 Å². The van der Waals surface area contributed by atoms with E-state index in [4.69, 9.17) is 9.84 Å².